The second-order valence-electron chi connectivity index (χ2n) is 8.05. The Bertz CT molecular complexity index is 889. The van der Waals surface area contributed by atoms with Crippen molar-refractivity contribution in [2.24, 2.45) is 11.8 Å². The van der Waals surface area contributed by atoms with Gasteiger partial charge in [-0.05, 0) is 62.5 Å². The van der Waals surface area contributed by atoms with E-state index < -0.39 is 5.97 Å². The van der Waals surface area contributed by atoms with Crippen LogP contribution in [0.1, 0.15) is 54.7 Å². The molecule has 2 aliphatic carbocycles. The van der Waals surface area contributed by atoms with Crippen molar-refractivity contribution in [1.82, 2.24) is 10.3 Å². The molecule has 5 heteroatoms. The molecule has 1 amide bonds. The van der Waals surface area contributed by atoms with Crippen molar-refractivity contribution < 1.29 is 14.3 Å². The highest BCUT2D eigenvalue weighted by atomic mass is 16.5. The summed E-state index contributed by atoms with van der Waals surface area (Å²) in [5.41, 5.74) is 3.38. The maximum absolute atomic E-state index is 12.9. The molecule has 0 bridgehead atoms. The average molecular weight is 366 g/mol. The summed E-state index contributed by atoms with van der Waals surface area (Å²) < 4.78 is 5.42. The number of aryl methyl sites for hydroxylation is 1. The minimum absolute atomic E-state index is 0.145. The standard InChI is InChI=1S/C22H26N2O3/c1-13-7-10-19-17(11-13)21(16-5-3-4-6-18(16)24-19)22(26)27-12-20(25)23-14(2)15-8-9-15/h3-6,13-15H,7-12H2,1-2H3,(H,23,25)/t13-,14-/m0/s1. The lowest BCUT2D eigenvalue weighted by atomic mass is 9.84. The summed E-state index contributed by atoms with van der Waals surface area (Å²) in [6.07, 6.45) is 5.10. The molecule has 1 N–H and O–H groups in total. The van der Waals surface area contributed by atoms with Gasteiger partial charge in [0.15, 0.2) is 6.61 Å². The zero-order valence-corrected chi connectivity index (χ0v) is 16.0. The first kappa shape index (κ1) is 18.0. The molecule has 1 saturated carbocycles. The molecule has 2 aromatic rings. The predicted molar refractivity (Wildman–Crippen MR) is 104 cm³/mol. The fraction of sp³-hybridized carbons (Fsp3) is 0.500. The van der Waals surface area contributed by atoms with Gasteiger partial charge in [0.05, 0.1) is 11.1 Å². The van der Waals surface area contributed by atoms with Crippen LogP contribution in [-0.2, 0) is 22.4 Å². The van der Waals surface area contributed by atoms with E-state index in [-0.39, 0.29) is 18.6 Å². The quantitative estimate of drug-likeness (QED) is 0.823. The van der Waals surface area contributed by atoms with Gasteiger partial charge in [-0.25, -0.2) is 4.79 Å². The molecule has 1 heterocycles. The number of hydrogen-bond acceptors (Lipinski definition) is 4. The van der Waals surface area contributed by atoms with Crippen LogP contribution in [0.3, 0.4) is 0 Å². The Labute approximate surface area is 159 Å². The third-order valence-corrected chi connectivity index (χ3v) is 5.76. The number of aromatic nitrogens is 1. The van der Waals surface area contributed by atoms with E-state index in [4.69, 9.17) is 9.72 Å². The summed E-state index contributed by atoms with van der Waals surface area (Å²) in [5, 5.41) is 3.73. The summed E-state index contributed by atoms with van der Waals surface area (Å²) in [6, 6.07) is 7.81. The smallest absolute Gasteiger partial charge is 0.339 e. The molecule has 0 aliphatic heterocycles. The Balaban J connectivity index is 1.57. The highest BCUT2D eigenvalue weighted by Gasteiger charge is 2.30. The lowest BCUT2D eigenvalue weighted by molar-refractivity contribution is -0.124. The summed E-state index contributed by atoms with van der Waals surface area (Å²) in [7, 11) is 0. The van der Waals surface area contributed by atoms with Crippen LogP contribution in [0, 0.1) is 11.8 Å². The minimum atomic E-state index is -0.423. The molecule has 1 fully saturated rings. The molecular weight excluding hydrogens is 340 g/mol. The van der Waals surface area contributed by atoms with Crippen molar-refractivity contribution in [2.45, 2.75) is 52.0 Å². The lowest BCUT2D eigenvalue weighted by Crippen LogP contribution is -2.37. The molecule has 0 radical (unpaired) electrons. The number of pyridine rings is 1. The van der Waals surface area contributed by atoms with Crippen molar-refractivity contribution in [3.05, 3.63) is 41.1 Å². The number of carbonyl (C=O) groups excluding carboxylic acids is 2. The molecule has 2 aliphatic rings. The number of ether oxygens (including phenoxy) is 1. The fourth-order valence-electron chi connectivity index (χ4n) is 4.01. The summed E-state index contributed by atoms with van der Waals surface area (Å²) >= 11 is 0. The Morgan fingerprint density at radius 1 is 1.26 bits per heavy atom. The first-order chi connectivity index (χ1) is 13.0. The first-order valence-electron chi connectivity index (χ1n) is 9.90. The fourth-order valence-corrected chi connectivity index (χ4v) is 4.01. The van der Waals surface area contributed by atoms with Gasteiger partial charge in [-0.1, -0.05) is 25.1 Å². The Morgan fingerprint density at radius 3 is 2.81 bits per heavy atom. The van der Waals surface area contributed by atoms with Crippen LogP contribution >= 0.6 is 0 Å². The van der Waals surface area contributed by atoms with Crippen LogP contribution in [0.15, 0.2) is 24.3 Å². The van der Waals surface area contributed by atoms with E-state index in [9.17, 15) is 9.59 Å². The molecule has 0 saturated heterocycles. The van der Waals surface area contributed by atoms with Gasteiger partial charge < -0.3 is 10.1 Å². The number of nitrogens with zero attached hydrogens (tertiary/aromatic N) is 1. The number of hydrogen-bond donors (Lipinski definition) is 1. The van der Waals surface area contributed by atoms with Crippen molar-refractivity contribution in [3.8, 4) is 0 Å². The summed E-state index contributed by atoms with van der Waals surface area (Å²) in [6.45, 7) is 3.96. The topological polar surface area (TPSA) is 68.3 Å². The number of benzene rings is 1. The van der Waals surface area contributed by atoms with Gasteiger partial charge >= 0.3 is 5.97 Å². The number of para-hydroxylation sites is 1. The summed E-state index contributed by atoms with van der Waals surface area (Å²) in [4.78, 5) is 29.8. The number of esters is 1. The van der Waals surface area contributed by atoms with Gasteiger partial charge in [-0.2, -0.15) is 0 Å². The summed E-state index contributed by atoms with van der Waals surface area (Å²) in [5.74, 6) is 0.425. The van der Waals surface area contributed by atoms with Gasteiger partial charge in [0, 0.05) is 17.1 Å². The highest BCUT2D eigenvalue weighted by Crippen LogP contribution is 2.33. The Hall–Kier alpha value is -2.43. The second-order valence-corrected chi connectivity index (χ2v) is 8.05. The monoisotopic (exact) mass is 366 g/mol. The zero-order valence-electron chi connectivity index (χ0n) is 16.0. The molecule has 1 aromatic carbocycles. The Kier molecular flexibility index (Phi) is 4.85. The molecule has 4 rings (SSSR count). The van der Waals surface area contributed by atoms with Crippen LogP contribution in [-0.4, -0.2) is 29.5 Å². The first-order valence-corrected chi connectivity index (χ1v) is 9.90. The van der Waals surface area contributed by atoms with Crippen molar-refractivity contribution in [1.29, 1.82) is 0 Å². The molecular formula is C22H26N2O3. The maximum atomic E-state index is 12.9. The van der Waals surface area contributed by atoms with E-state index in [1.54, 1.807) is 0 Å². The van der Waals surface area contributed by atoms with Gasteiger partial charge in [-0.3, -0.25) is 9.78 Å². The van der Waals surface area contributed by atoms with E-state index in [1.807, 2.05) is 31.2 Å². The molecule has 27 heavy (non-hydrogen) atoms. The lowest BCUT2D eigenvalue weighted by Gasteiger charge is -2.24. The zero-order chi connectivity index (χ0) is 19.0. The van der Waals surface area contributed by atoms with Crippen LogP contribution in [0.5, 0.6) is 0 Å². The Morgan fingerprint density at radius 2 is 2.04 bits per heavy atom. The molecule has 142 valence electrons. The van der Waals surface area contributed by atoms with E-state index in [0.717, 1.165) is 54.3 Å². The van der Waals surface area contributed by atoms with E-state index in [1.165, 1.54) is 0 Å². The maximum Gasteiger partial charge on any atom is 0.339 e. The van der Waals surface area contributed by atoms with Crippen LogP contribution in [0.2, 0.25) is 0 Å². The van der Waals surface area contributed by atoms with Crippen LogP contribution in [0.25, 0.3) is 10.9 Å². The highest BCUT2D eigenvalue weighted by molar-refractivity contribution is 6.05. The molecule has 5 nitrogen and oxygen atoms in total. The van der Waals surface area contributed by atoms with Crippen molar-refractivity contribution >= 4 is 22.8 Å². The molecule has 0 unspecified atom stereocenters. The molecule has 0 spiro atoms. The van der Waals surface area contributed by atoms with Gasteiger partial charge in [0.2, 0.25) is 0 Å². The normalized spacial score (nSPS) is 20.0. The molecule has 2 atom stereocenters. The van der Waals surface area contributed by atoms with Gasteiger partial charge in [0.25, 0.3) is 5.91 Å². The number of nitrogens with one attached hydrogen (secondary N) is 1. The van der Waals surface area contributed by atoms with E-state index in [0.29, 0.717) is 17.4 Å². The van der Waals surface area contributed by atoms with Crippen molar-refractivity contribution in [2.75, 3.05) is 6.61 Å². The second kappa shape index (κ2) is 7.29. The van der Waals surface area contributed by atoms with Gasteiger partial charge in [-0.15, -0.1) is 0 Å². The third kappa shape index (κ3) is 3.82. The SMILES string of the molecule is C[C@H]1CCc2nc3ccccc3c(C(=O)OCC(=O)N[C@@H](C)C3CC3)c2C1. The van der Waals surface area contributed by atoms with Crippen LogP contribution < -0.4 is 5.32 Å². The molecule has 1 aromatic heterocycles. The van der Waals surface area contributed by atoms with E-state index >= 15 is 0 Å². The average Bonchev–Trinajstić information content (AvgIpc) is 3.49. The van der Waals surface area contributed by atoms with E-state index in [2.05, 4.69) is 12.2 Å². The van der Waals surface area contributed by atoms with Crippen molar-refractivity contribution in [3.63, 3.8) is 0 Å². The predicted octanol–water partition coefficient (Wildman–Crippen LogP) is 3.43. The number of fused-ring (bicyclic) bond motifs is 2. The van der Waals surface area contributed by atoms with Gasteiger partial charge in [0.1, 0.15) is 0 Å². The van der Waals surface area contributed by atoms with Crippen LogP contribution in [0.4, 0.5) is 0 Å². The third-order valence-electron chi connectivity index (χ3n) is 5.76. The number of carbonyl (C=O) groups is 2. The minimum Gasteiger partial charge on any atom is -0.452 e. The number of amides is 1. The largest absolute Gasteiger partial charge is 0.452 e. The number of rotatable bonds is 5.